The molecule has 2 aliphatic rings. The van der Waals surface area contributed by atoms with Crippen LogP contribution in [0.1, 0.15) is 49.4 Å². The van der Waals surface area contributed by atoms with E-state index < -0.39 is 5.54 Å². The van der Waals surface area contributed by atoms with Crippen LogP contribution in [-0.2, 0) is 4.79 Å². The molecule has 0 spiro atoms. The van der Waals surface area contributed by atoms with Crippen molar-refractivity contribution in [1.29, 1.82) is 0 Å². The van der Waals surface area contributed by atoms with E-state index in [1.54, 1.807) is 11.8 Å². The third-order valence-electron chi connectivity index (χ3n) is 4.48. The highest BCUT2D eigenvalue weighted by Gasteiger charge is 2.39. The maximum Gasteiger partial charge on any atom is 0.253 e. The largest absolute Gasteiger partial charge is 0.351 e. The summed E-state index contributed by atoms with van der Waals surface area (Å²) in [6, 6.07) is 7.77. The Morgan fingerprint density at radius 1 is 1.27 bits per heavy atom. The molecule has 5 heteroatoms. The zero-order valence-corrected chi connectivity index (χ0v) is 13.7. The van der Waals surface area contributed by atoms with Gasteiger partial charge in [-0.2, -0.15) is 0 Å². The first-order valence-electron chi connectivity index (χ1n) is 7.94. The number of carbonyl (C=O) groups is 2. The Bertz CT molecular complexity index is 584. The van der Waals surface area contributed by atoms with Crippen LogP contribution in [-0.4, -0.2) is 29.1 Å². The fraction of sp³-hybridized carbons (Fsp3) is 0.529. The summed E-state index contributed by atoms with van der Waals surface area (Å²) in [5.74, 6) is 0.323. The lowest BCUT2D eigenvalue weighted by Gasteiger charge is -2.31. The number of fused-ring (bicyclic) bond motifs is 1. The molecule has 22 heavy (non-hydrogen) atoms. The minimum absolute atomic E-state index is 0.0620. The van der Waals surface area contributed by atoms with Gasteiger partial charge in [-0.25, -0.2) is 0 Å². The van der Waals surface area contributed by atoms with Gasteiger partial charge in [0.1, 0.15) is 5.54 Å². The predicted octanol–water partition coefficient (Wildman–Crippen LogP) is 2.73. The number of hydrogen-bond donors (Lipinski definition) is 2. The second-order valence-electron chi connectivity index (χ2n) is 6.38. The highest BCUT2D eigenvalue weighted by molar-refractivity contribution is 7.99. The summed E-state index contributed by atoms with van der Waals surface area (Å²) in [6.45, 7) is 1.82. The highest BCUT2D eigenvalue weighted by Crippen LogP contribution is 2.30. The van der Waals surface area contributed by atoms with Gasteiger partial charge in [0.15, 0.2) is 0 Å². The van der Waals surface area contributed by atoms with Gasteiger partial charge in [0.25, 0.3) is 5.91 Å². The average Bonchev–Trinajstić information content (AvgIpc) is 2.66. The molecule has 1 fully saturated rings. The van der Waals surface area contributed by atoms with Gasteiger partial charge in [-0.3, -0.25) is 9.59 Å². The molecule has 1 aliphatic carbocycles. The first-order valence-corrected chi connectivity index (χ1v) is 8.92. The van der Waals surface area contributed by atoms with Crippen LogP contribution in [0.15, 0.2) is 29.2 Å². The molecule has 0 aromatic heterocycles. The normalized spacial score (nSPS) is 25.8. The van der Waals surface area contributed by atoms with Gasteiger partial charge in [0.05, 0.1) is 5.56 Å². The highest BCUT2D eigenvalue weighted by atomic mass is 32.2. The lowest BCUT2D eigenvalue weighted by molar-refractivity contribution is -0.126. The van der Waals surface area contributed by atoms with Gasteiger partial charge < -0.3 is 10.6 Å². The summed E-state index contributed by atoms with van der Waals surface area (Å²) in [6.07, 6.45) is 5.69. The molecule has 1 atom stereocenters. The van der Waals surface area contributed by atoms with Gasteiger partial charge in [0, 0.05) is 16.7 Å². The summed E-state index contributed by atoms with van der Waals surface area (Å²) in [5.41, 5.74) is -0.209. The maximum absolute atomic E-state index is 12.7. The first-order chi connectivity index (χ1) is 10.6. The van der Waals surface area contributed by atoms with Gasteiger partial charge in [-0.1, -0.05) is 31.4 Å². The van der Waals surface area contributed by atoms with Crippen LogP contribution < -0.4 is 10.6 Å². The summed E-state index contributed by atoms with van der Waals surface area (Å²) >= 11 is 1.57. The molecule has 0 bridgehead atoms. The number of benzene rings is 1. The van der Waals surface area contributed by atoms with E-state index in [9.17, 15) is 9.59 Å². The third-order valence-corrected chi connectivity index (χ3v) is 5.87. The number of carbonyl (C=O) groups excluding carboxylic acids is 2. The van der Waals surface area contributed by atoms with Crippen LogP contribution in [0.3, 0.4) is 0 Å². The quantitative estimate of drug-likeness (QED) is 0.881. The van der Waals surface area contributed by atoms with Crippen LogP contribution in [0.4, 0.5) is 0 Å². The molecule has 1 aliphatic heterocycles. The molecule has 1 aromatic rings. The van der Waals surface area contributed by atoms with E-state index in [1.807, 2.05) is 31.2 Å². The number of rotatable bonds is 2. The Morgan fingerprint density at radius 2 is 2.00 bits per heavy atom. The molecule has 2 N–H and O–H groups in total. The Labute approximate surface area is 135 Å². The molecule has 0 radical (unpaired) electrons. The van der Waals surface area contributed by atoms with Crippen molar-refractivity contribution in [2.45, 2.75) is 55.5 Å². The fourth-order valence-corrected chi connectivity index (χ4v) is 4.21. The van der Waals surface area contributed by atoms with Crippen LogP contribution in [0.2, 0.25) is 0 Å². The molecule has 3 rings (SSSR count). The molecular weight excluding hydrogens is 296 g/mol. The van der Waals surface area contributed by atoms with Crippen molar-refractivity contribution in [3.8, 4) is 0 Å². The summed E-state index contributed by atoms with van der Waals surface area (Å²) < 4.78 is 0. The zero-order valence-electron chi connectivity index (χ0n) is 12.9. The lowest BCUT2D eigenvalue weighted by Crippen LogP contribution is -2.59. The molecule has 0 saturated heterocycles. The van der Waals surface area contributed by atoms with E-state index in [0.29, 0.717) is 11.3 Å². The fourth-order valence-electron chi connectivity index (χ4n) is 3.07. The zero-order chi connectivity index (χ0) is 15.6. The van der Waals surface area contributed by atoms with Crippen molar-refractivity contribution in [2.24, 2.45) is 0 Å². The number of nitrogens with one attached hydrogen (secondary N) is 2. The van der Waals surface area contributed by atoms with E-state index in [0.717, 1.165) is 17.7 Å². The molecule has 2 amide bonds. The number of thioether (sulfide) groups is 1. The molecule has 118 valence electrons. The van der Waals surface area contributed by atoms with Crippen molar-refractivity contribution in [1.82, 2.24) is 10.6 Å². The lowest BCUT2D eigenvalue weighted by atomic mass is 9.94. The summed E-state index contributed by atoms with van der Waals surface area (Å²) in [5, 5.41) is 6.07. The Morgan fingerprint density at radius 3 is 2.77 bits per heavy atom. The minimum atomic E-state index is -0.863. The van der Waals surface area contributed by atoms with Crippen molar-refractivity contribution in [3.63, 3.8) is 0 Å². The van der Waals surface area contributed by atoms with E-state index in [4.69, 9.17) is 0 Å². The maximum atomic E-state index is 12.7. The number of hydrogen-bond acceptors (Lipinski definition) is 3. The van der Waals surface area contributed by atoms with Gasteiger partial charge >= 0.3 is 0 Å². The van der Waals surface area contributed by atoms with Crippen molar-refractivity contribution in [2.75, 3.05) is 5.75 Å². The summed E-state index contributed by atoms with van der Waals surface area (Å²) in [7, 11) is 0. The average molecular weight is 318 g/mol. The van der Waals surface area contributed by atoms with Gasteiger partial charge in [-0.15, -0.1) is 11.8 Å². The van der Waals surface area contributed by atoms with Crippen molar-refractivity contribution >= 4 is 23.6 Å². The minimum Gasteiger partial charge on any atom is -0.351 e. The van der Waals surface area contributed by atoms with E-state index in [1.165, 1.54) is 19.3 Å². The number of amides is 2. The van der Waals surface area contributed by atoms with E-state index >= 15 is 0 Å². The monoisotopic (exact) mass is 318 g/mol. The molecule has 1 saturated carbocycles. The van der Waals surface area contributed by atoms with Crippen LogP contribution in [0.25, 0.3) is 0 Å². The Balaban J connectivity index is 1.73. The Kier molecular flexibility index (Phi) is 4.43. The smallest absolute Gasteiger partial charge is 0.253 e. The van der Waals surface area contributed by atoms with Gasteiger partial charge in [0.2, 0.25) is 5.91 Å². The molecule has 1 heterocycles. The Hall–Kier alpha value is -1.49. The van der Waals surface area contributed by atoms with E-state index in [2.05, 4.69) is 10.6 Å². The van der Waals surface area contributed by atoms with Gasteiger partial charge in [-0.05, 0) is 31.9 Å². The second kappa shape index (κ2) is 6.32. The molecular formula is C17H22N2O2S. The first kappa shape index (κ1) is 15.4. The predicted molar refractivity (Wildman–Crippen MR) is 88.1 cm³/mol. The molecule has 4 nitrogen and oxygen atoms in total. The second-order valence-corrected chi connectivity index (χ2v) is 7.40. The third kappa shape index (κ3) is 3.14. The SMILES string of the molecule is CC1(C(=O)NC2CCCCC2)CSc2ccccc2C(=O)N1. The van der Waals surface area contributed by atoms with E-state index in [-0.39, 0.29) is 17.9 Å². The van der Waals surface area contributed by atoms with Crippen molar-refractivity contribution in [3.05, 3.63) is 29.8 Å². The summed E-state index contributed by atoms with van der Waals surface area (Å²) in [4.78, 5) is 26.1. The molecule has 1 unspecified atom stereocenters. The molecule has 1 aromatic carbocycles. The van der Waals surface area contributed by atoms with Crippen molar-refractivity contribution < 1.29 is 9.59 Å². The van der Waals surface area contributed by atoms with Crippen LogP contribution in [0.5, 0.6) is 0 Å². The topological polar surface area (TPSA) is 58.2 Å². The van der Waals surface area contributed by atoms with Crippen LogP contribution in [0, 0.1) is 0 Å². The van der Waals surface area contributed by atoms with Crippen LogP contribution >= 0.6 is 11.8 Å². The standard InChI is InChI=1S/C17H22N2O2S/c1-17(16(21)18-12-7-3-2-4-8-12)11-22-14-10-6-5-9-13(14)15(20)19-17/h5-6,9-10,12H,2-4,7-8,11H2,1H3,(H,18,21)(H,19,20).